The molecule has 0 aliphatic heterocycles. The van der Waals surface area contributed by atoms with E-state index in [1.807, 2.05) is 0 Å². The van der Waals surface area contributed by atoms with Crippen LogP contribution in [0.5, 0.6) is 0 Å². The Morgan fingerprint density at radius 2 is 1.80 bits per heavy atom. The fourth-order valence-electron chi connectivity index (χ4n) is 2.65. The first-order chi connectivity index (χ1) is 11.6. The molecule has 0 saturated heterocycles. The first kappa shape index (κ1) is 17.9. The molecule has 2 aromatic rings. The molecule has 1 aliphatic carbocycles. The van der Waals surface area contributed by atoms with Gasteiger partial charge in [0.25, 0.3) is 0 Å². The smallest absolute Gasteiger partial charge is 0.155 e. The van der Waals surface area contributed by atoms with Gasteiger partial charge < -0.3 is 0 Å². The summed E-state index contributed by atoms with van der Waals surface area (Å²) in [6, 6.07) is 2.82. The van der Waals surface area contributed by atoms with Crippen molar-refractivity contribution in [2.24, 2.45) is 5.92 Å². The molecule has 0 spiro atoms. The van der Waals surface area contributed by atoms with E-state index in [0.29, 0.717) is 17.3 Å². The van der Waals surface area contributed by atoms with Gasteiger partial charge in [0, 0.05) is 17.2 Å². The van der Waals surface area contributed by atoms with Crippen molar-refractivity contribution in [3.63, 3.8) is 0 Å². The largest absolute Gasteiger partial charge is 0.245 e. The van der Waals surface area contributed by atoms with Crippen LogP contribution in [0.25, 0.3) is 16.8 Å². The average molecular weight is 370 g/mol. The van der Waals surface area contributed by atoms with Crippen LogP contribution in [0, 0.1) is 23.4 Å². The summed E-state index contributed by atoms with van der Waals surface area (Å²) in [6.45, 7) is 6.34. The molecule has 132 valence electrons. The van der Waals surface area contributed by atoms with Gasteiger partial charge in [0.2, 0.25) is 0 Å². The summed E-state index contributed by atoms with van der Waals surface area (Å²) in [6.07, 6.45) is 1.86. The highest BCUT2D eigenvalue weighted by atomic mass is 35.5. The highest BCUT2D eigenvalue weighted by Crippen LogP contribution is 2.43. The normalized spacial score (nSPS) is 14.7. The van der Waals surface area contributed by atoms with E-state index < -0.39 is 28.8 Å². The summed E-state index contributed by atoms with van der Waals surface area (Å²) in [5.41, 5.74) is -2.03. The van der Waals surface area contributed by atoms with Crippen LogP contribution in [-0.4, -0.2) is 4.98 Å². The van der Waals surface area contributed by atoms with Crippen molar-refractivity contribution in [1.82, 2.24) is 4.98 Å². The van der Waals surface area contributed by atoms with E-state index in [0.717, 1.165) is 18.9 Å². The van der Waals surface area contributed by atoms with Gasteiger partial charge >= 0.3 is 0 Å². The SMILES string of the molecule is C=C(c1cc(C(C)(C)F)c(F)c(-c2cc(Cl)c(F)cc2F)n1)C1CC1. The quantitative estimate of drug-likeness (QED) is 0.446. The van der Waals surface area contributed by atoms with Gasteiger partial charge in [0.05, 0.1) is 10.7 Å². The van der Waals surface area contributed by atoms with Crippen molar-refractivity contribution in [1.29, 1.82) is 0 Å². The van der Waals surface area contributed by atoms with Gasteiger partial charge in [-0.15, -0.1) is 0 Å². The Labute approximate surface area is 148 Å². The summed E-state index contributed by atoms with van der Waals surface area (Å²) in [5.74, 6) is -2.78. The van der Waals surface area contributed by atoms with Crippen molar-refractivity contribution in [3.8, 4) is 11.3 Å². The van der Waals surface area contributed by atoms with Gasteiger partial charge in [-0.25, -0.2) is 22.5 Å². The fraction of sp³-hybridized carbons (Fsp3) is 0.316. The highest BCUT2D eigenvalue weighted by molar-refractivity contribution is 6.31. The molecule has 6 heteroatoms. The summed E-state index contributed by atoms with van der Waals surface area (Å²) in [4.78, 5) is 4.15. The van der Waals surface area contributed by atoms with E-state index >= 15 is 0 Å². The van der Waals surface area contributed by atoms with Crippen molar-refractivity contribution in [2.45, 2.75) is 32.4 Å². The van der Waals surface area contributed by atoms with E-state index in [4.69, 9.17) is 11.6 Å². The third-order valence-electron chi connectivity index (χ3n) is 4.26. The fourth-order valence-corrected chi connectivity index (χ4v) is 2.81. The van der Waals surface area contributed by atoms with Crippen LogP contribution in [0.2, 0.25) is 5.02 Å². The molecule has 25 heavy (non-hydrogen) atoms. The maximum Gasteiger partial charge on any atom is 0.155 e. The van der Waals surface area contributed by atoms with Crippen LogP contribution < -0.4 is 0 Å². The second kappa shape index (κ2) is 6.13. The lowest BCUT2D eigenvalue weighted by Crippen LogP contribution is -2.15. The third kappa shape index (κ3) is 3.43. The zero-order chi connectivity index (χ0) is 18.5. The standard InChI is InChI=1S/C19H16ClF4N/c1-9(10-4-5-10)16-7-12(19(2,3)24)17(23)18(25-16)11-6-13(20)15(22)8-14(11)21/h6-8,10H,1,4-5H2,2-3H3. The van der Waals surface area contributed by atoms with Gasteiger partial charge in [-0.1, -0.05) is 18.2 Å². The molecule has 0 atom stereocenters. The zero-order valence-electron chi connectivity index (χ0n) is 13.8. The molecule has 1 heterocycles. The highest BCUT2D eigenvalue weighted by Gasteiger charge is 2.32. The van der Waals surface area contributed by atoms with Crippen molar-refractivity contribution in [2.75, 3.05) is 0 Å². The minimum atomic E-state index is -2.01. The lowest BCUT2D eigenvalue weighted by molar-refractivity contribution is 0.213. The van der Waals surface area contributed by atoms with E-state index in [1.54, 1.807) is 0 Å². The Bertz CT molecular complexity index is 867. The second-order valence-corrected chi connectivity index (χ2v) is 7.14. The summed E-state index contributed by atoms with van der Waals surface area (Å²) in [7, 11) is 0. The maximum absolute atomic E-state index is 14.9. The summed E-state index contributed by atoms with van der Waals surface area (Å²) >= 11 is 5.70. The van der Waals surface area contributed by atoms with E-state index in [-0.39, 0.29) is 22.1 Å². The second-order valence-electron chi connectivity index (χ2n) is 6.74. The van der Waals surface area contributed by atoms with Gasteiger partial charge in [0.1, 0.15) is 23.0 Å². The molecule has 0 bridgehead atoms. The minimum Gasteiger partial charge on any atom is -0.245 e. The van der Waals surface area contributed by atoms with E-state index in [9.17, 15) is 17.6 Å². The van der Waals surface area contributed by atoms with Crippen LogP contribution >= 0.6 is 11.6 Å². The Morgan fingerprint density at radius 1 is 1.16 bits per heavy atom. The lowest BCUT2D eigenvalue weighted by atomic mass is 9.94. The summed E-state index contributed by atoms with van der Waals surface area (Å²) < 4.78 is 57.0. The molecule has 0 N–H and O–H groups in total. The molecule has 0 unspecified atom stereocenters. The molecule has 0 amide bonds. The van der Waals surface area contributed by atoms with Gasteiger partial charge in [-0.2, -0.15) is 0 Å². The van der Waals surface area contributed by atoms with Crippen molar-refractivity contribution >= 4 is 17.2 Å². The number of allylic oxidation sites excluding steroid dienone is 1. The lowest BCUT2D eigenvalue weighted by Gasteiger charge is -2.20. The van der Waals surface area contributed by atoms with E-state index in [1.165, 1.54) is 19.9 Å². The topological polar surface area (TPSA) is 12.9 Å². The average Bonchev–Trinajstić information content (AvgIpc) is 3.34. The maximum atomic E-state index is 14.9. The van der Waals surface area contributed by atoms with Crippen LogP contribution in [0.3, 0.4) is 0 Å². The summed E-state index contributed by atoms with van der Waals surface area (Å²) in [5, 5.41) is -0.370. The number of alkyl halides is 1. The van der Waals surface area contributed by atoms with Gasteiger partial charge in [-0.05, 0) is 50.3 Å². The van der Waals surface area contributed by atoms with Crippen LogP contribution in [0.1, 0.15) is 37.9 Å². The molecule has 1 aromatic heterocycles. The number of rotatable bonds is 4. The molecular formula is C19H16ClF4N. The molecule has 1 nitrogen and oxygen atoms in total. The molecule has 1 aromatic carbocycles. The number of hydrogen-bond donors (Lipinski definition) is 0. The molecule has 1 saturated carbocycles. The van der Waals surface area contributed by atoms with Gasteiger partial charge in [0.15, 0.2) is 5.82 Å². The van der Waals surface area contributed by atoms with Crippen LogP contribution in [-0.2, 0) is 5.67 Å². The van der Waals surface area contributed by atoms with Crippen molar-refractivity contribution < 1.29 is 17.6 Å². The molecule has 3 rings (SSSR count). The monoisotopic (exact) mass is 369 g/mol. The first-order valence-electron chi connectivity index (χ1n) is 7.83. The molecule has 0 radical (unpaired) electrons. The van der Waals surface area contributed by atoms with Crippen LogP contribution in [0.4, 0.5) is 17.6 Å². The Balaban J connectivity index is 2.26. The number of nitrogens with zero attached hydrogens (tertiary/aromatic N) is 1. The van der Waals surface area contributed by atoms with E-state index in [2.05, 4.69) is 11.6 Å². The minimum absolute atomic E-state index is 0.211. The molecule has 1 aliphatic rings. The molecular weight excluding hydrogens is 354 g/mol. The zero-order valence-corrected chi connectivity index (χ0v) is 14.5. The predicted molar refractivity (Wildman–Crippen MR) is 90.4 cm³/mol. The predicted octanol–water partition coefficient (Wildman–Crippen LogP) is 6.45. The first-order valence-corrected chi connectivity index (χ1v) is 8.21. The molecule has 1 fully saturated rings. The third-order valence-corrected chi connectivity index (χ3v) is 4.55. The van der Waals surface area contributed by atoms with Crippen LogP contribution in [0.15, 0.2) is 24.8 Å². The van der Waals surface area contributed by atoms with Gasteiger partial charge in [-0.3, -0.25) is 0 Å². The number of aromatic nitrogens is 1. The number of pyridine rings is 1. The number of halogens is 5. The Hall–Kier alpha value is -1.88. The van der Waals surface area contributed by atoms with Crippen molar-refractivity contribution in [3.05, 3.63) is 58.5 Å². The Morgan fingerprint density at radius 3 is 2.36 bits per heavy atom. The number of hydrogen-bond acceptors (Lipinski definition) is 1. The number of benzene rings is 1. The Kier molecular flexibility index (Phi) is 4.40.